The lowest BCUT2D eigenvalue weighted by molar-refractivity contribution is 0.288. The standard InChI is InChI=1S/C11H12N2O3/c1-14-9-3-2-4-10(6-9)15-7-8-5-11(12)16-13-8/h2-6H,7,12H2,1H3. The Morgan fingerprint density at radius 1 is 1.31 bits per heavy atom. The highest BCUT2D eigenvalue weighted by atomic mass is 16.5. The molecule has 2 N–H and O–H groups in total. The highest BCUT2D eigenvalue weighted by Crippen LogP contribution is 2.19. The van der Waals surface area contributed by atoms with Gasteiger partial charge in [0, 0.05) is 12.1 Å². The average Bonchev–Trinajstić information content (AvgIpc) is 2.73. The molecule has 84 valence electrons. The second-order valence-corrected chi connectivity index (χ2v) is 3.19. The molecule has 1 aromatic heterocycles. The van der Waals surface area contributed by atoms with Crippen LogP contribution in [0.4, 0.5) is 5.88 Å². The van der Waals surface area contributed by atoms with Gasteiger partial charge in [-0.05, 0) is 12.1 Å². The number of nitrogens with zero attached hydrogens (tertiary/aromatic N) is 1. The van der Waals surface area contributed by atoms with E-state index < -0.39 is 0 Å². The molecule has 0 aliphatic heterocycles. The van der Waals surface area contributed by atoms with Gasteiger partial charge in [-0.15, -0.1) is 0 Å². The van der Waals surface area contributed by atoms with E-state index in [1.165, 1.54) is 0 Å². The number of nitrogens with two attached hydrogens (primary N) is 1. The Labute approximate surface area is 92.8 Å². The molecule has 0 saturated heterocycles. The third kappa shape index (κ3) is 2.44. The summed E-state index contributed by atoms with van der Waals surface area (Å²) in [5.74, 6) is 1.74. The third-order valence-electron chi connectivity index (χ3n) is 2.01. The van der Waals surface area contributed by atoms with Gasteiger partial charge >= 0.3 is 0 Å². The van der Waals surface area contributed by atoms with Crippen LogP contribution in [-0.4, -0.2) is 12.3 Å². The van der Waals surface area contributed by atoms with Gasteiger partial charge in [0.05, 0.1) is 7.11 Å². The van der Waals surface area contributed by atoms with E-state index in [9.17, 15) is 0 Å². The lowest BCUT2D eigenvalue weighted by Crippen LogP contribution is -1.95. The second-order valence-electron chi connectivity index (χ2n) is 3.19. The second kappa shape index (κ2) is 4.57. The van der Waals surface area contributed by atoms with Crippen LogP contribution in [0.3, 0.4) is 0 Å². The number of methoxy groups -OCH3 is 1. The highest BCUT2D eigenvalue weighted by molar-refractivity contribution is 5.33. The molecule has 0 bridgehead atoms. The van der Waals surface area contributed by atoms with Gasteiger partial charge in [0.2, 0.25) is 5.88 Å². The minimum absolute atomic E-state index is 0.282. The van der Waals surface area contributed by atoms with Crippen molar-refractivity contribution in [2.24, 2.45) is 0 Å². The quantitative estimate of drug-likeness (QED) is 0.851. The summed E-state index contributed by atoms with van der Waals surface area (Å²) >= 11 is 0. The van der Waals surface area contributed by atoms with Crippen molar-refractivity contribution in [2.45, 2.75) is 6.61 Å². The zero-order valence-electron chi connectivity index (χ0n) is 8.84. The summed E-state index contributed by atoms with van der Waals surface area (Å²) in [6, 6.07) is 8.96. The van der Waals surface area contributed by atoms with Crippen LogP contribution in [-0.2, 0) is 6.61 Å². The maximum absolute atomic E-state index is 5.49. The maximum Gasteiger partial charge on any atom is 0.222 e. The van der Waals surface area contributed by atoms with Crippen LogP contribution in [0.1, 0.15) is 5.69 Å². The van der Waals surface area contributed by atoms with Gasteiger partial charge in [0.15, 0.2) is 0 Å². The van der Waals surface area contributed by atoms with Gasteiger partial charge in [0.25, 0.3) is 0 Å². The van der Waals surface area contributed by atoms with Crippen molar-refractivity contribution in [1.29, 1.82) is 0 Å². The molecule has 0 atom stereocenters. The lowest BCUT2D eigenvalue weighted by Gasteiger charge is -2.05. The smallest absolute Gasteiger partial charge is 0.222 e. The molecule has 0 aliphatic carbocycles. The summed E-state index contributed by atoms with van der Waals surface area (Å²) in [4.78, 5) is 0. The molecular weight excluding hydrogens is 208 g/mol. The zero-order valence-corrected chi connectivity index (χ0v) is 8.84. The Balaban J connectivity index is 1.99. The number of benzene rings is 1. The fourth-order valence-corrected chi connectivity index (χ4v) is 1.24. The van der Waals surface area contributed by atoms with Crippen LogP contribution in [0.5, 0.6) is 11.5 Å². The van der Waals surface area contributed by atoms with Gasteiger partial charge in [-0.1, -0.05) is 11.2 Å². The van der Waals surface area contributed by atoms with Crippen molar-refractivity contribution in [2.75, 3.05) is 12.8 Å². The first-order valence-corrected chi connectivity index (χ1v) is 4.76. The monoisotopic (exact) mass is 220 g/mol. The molecule has 16 heavy (non-hydrogen) atoms. The van der Waals surface area contributed by atoms with E-state index in [0.29, 0.717) is 18.1 Å². The van der Waals surface area contributed by atoms with Crippen molar-refractivity contribution in [3.05, 3.63) is 36.0 Å². The van der Waals surface area contributed by atoms with Gasteiger partial charge in [-0.2, -0.15) is 0 Å². The Bertz CT molecular complexity index is 468. The molecule has 1 heterocycles. The molecule has 0 fully saturated rings. The number of ether oxygens (including phenoxy) is 2. The lowest BCUT2D eigenvalue weighted by atomic mass is 10.3. The van der Waals surface area contributed by atoms with E-state index in [0.717, 1.165) is 5.75 Å². The van der Waals surface area contributed by atoms with Crippen LogP contribution in [0.2, 0.25) is 0 Å². The fraction of sp³-hybridized carbons (Fsp3) is 0.182. The molecule has 0 radical (unpaired) electrons. The molecule has 2 aromatic rings. The predicted octanol–water partition coefficient (Wildman–Crippen LogP) is 1.84. The maximum atomic E-state index is 5.49. The van der Waals surface area contributed by atoms with E-state index in [2.05, 4.69) is 5.16 Å². The Hall–Kier alpha value is -2.17. The van der Waals surface area contributed by atoms with E-state index in [-0.39, 0.29) is 5.88 Å². The van der Waals surface area contributed by atoms with E-state index >= 15 is 0 Å². The Morgan fingerprint density at radius 3 is 2.81 bits per heavy atom. The first kappa shape index (κ1) is 10.4. The van der Waals surface area contributed by atoms with Gasteiger partial charge in [-0.25, -0.2) is 0 Å². The summed E-state index contributed by atoms with van der Waals surface area (Å²) in [6.45, 7) is 0.313. The largest absolute Gasteiger partial charge is 0.497 e. The molecule has 1 aromatic carbocycles. The van der Waals surface area contributed by atoms with Crippen LogP contribution in [0.25, 0.3) is 0 Å². The molecule has 5 nitrogen and oxygen atoms in total. The fourth-order valence-electron chi connectivity index (χ4n) is 1.24. The number of anilines is 1. The van der Waals surface area contributed by atoms with Crippen LogP contribution in [0, 0.1) is 0 Å². The summed E-state index contributed by atoms with van der Waals surface area (Å²) in [5, 5.41) is 3.72. The predicted molar refractivity (Wildman–Crippen MR) is 58.2 cm³/mol. The average molecular weight is 220 g/mol. The molecule has 5 heteroatoms. The van der Waals surface area contributed by atoms with Crippen molar-refractivity contribution < 1.29 is 14.0 Å². The number of rotatable bonds is 4. The van der Waals surface area contributed by atoms with E-state index in [4.69, 9.17) is 19.7 Å². The summed E-state index contributed by atoms with van der Waals surface area (Å²) < 4.78 is 15.3. The van der Waals surface area contributed by atoms with Gasteiger partial charge in [-0.3, -0.25) is 0 Å². The number of aromatic nitrogens is 1. The van der Waals surface area contributed by atoms with Crippen LogP contribution >= 0.6 is 0 Å². The summed E-state index contributed by atoms with van der Waals surface area (Å²) in [5.41, 5.74) is 6.04. The zero-order chi connectivity index (χ0) is 11.4. The van der Waals surface area contributed by atoms with Gasteiger partial charge in [0.1, 0.15) is 23.8 Å². The van der Waals surface area contributed by atoms with E-state index in [1.54, 1.807) is 19.2 Å². The SMILES string of the molecule is COc1cccc(OCc2cc(N)on2)c1. The Kier molecular flexibility index (Phi) is 2.95. The van der Waals surface area contributed by atoms with Crippen LogP contribution in [0.15, 0.2) is 34.9 Å². The first-order valence-electron chi connectivity index (χ1n) is 4.76. The van der Waals surface area contributed by atoms with E-state index in [1.807, 2.05) is 18.2 Å². The molecule has 0 amide bonds. The molecular formula is C11H12N2O3. The van der Waals surface area contributed by atoms with Crippen molar-refractivity contribution in [1.82, 2.24) is 5.16 Å². The van der Waals surface area contributed by atoms with Crippen molar-refractivity contribution in [3.8, 4) is 11.5 Å². The molecule has 0 saturated carbocycles. The molecule has 2 rings (SSSR count). The first-order chi connectivity index (χ1) is 7.78. The normalized spacial score (nSPS) is 10.1. The minimum Gasteiger partial charge on any atom is -0.497 e. The minimum atomic E-state index is 0.282. The van der Waals surface area contributed by atoms with Crippen molar-refractivity contribution >= 4 is 5.88 Å². The topological polar surface area (TPSA) is 70.5 Å². The number of hydrogen-bond acceptors (Lipinski definition) is 5. The van der Waals surface area contributed by atoms with Crippen molar-refractivity contribution in [3.63, 3.8) is 0 Å². The summed E-state index contributed by atoms with van der Waals surface area (Å²) in [7, 11) is 1.61. The Morgan fingerprint density at radius 2 is 2.12 bits per heavy atom. The molecule has 0 aliphatic rings. The highest BCUT2D eigenvalue weighted by Gasteiger charge is 2.02. The molecule has 0 unspecified atom stereocenters. The number of hydrogen-bond donors (Lipinski definition) is 1. The third-order valence-corrected chi connectivity index (χ3v) is 2.01. The van der Waals surface area contributed by atoms with Gasteiger partial charge < -0.3 is 19.7 Å². The summed E-state index contributed by atoms with van der Waals surface area (Å²) in [6.07, 6.45) is 0. The van der Waals surface area contributed by atoms with Crippen LogP contribution < -0.4 is 15.2 Å². The number of nitrogen functional groups attached to an aromatic ring is 1. The molecule has 0 spiro atoms.